The fraction of sp³-hybridized carbons (Fsp3) is 0.636. The molecule has 1 aromatic rings. The highest BCUT2D eigenvalue weighted by molar-refractivity contribution is 5.89. The number of aromatic nitrogens is 2. The van der Waals surface area contributed by atoms with Crippen molar-refractivity contribution in [3.05, 3.63) is 17.5 Å². The first-order chi connectivity index (χ1) is 6.86. The van der Waals surface area contributed by atoms with Crippen LogP contribution in [0.25, 0.3) is 0 Å². The van der Waals surface area contributed by atoms with Crippen molar-refractivity contribution in [2.75, 3.05) is 0 Å². The molecule has 0 aliphatic carbocycles. The van der Waals surface area contributed by atoms with Gasteiger partial charge in [0.25, 0.3) is 0 Å². The van der Waals surface area contributed by atoms with E-state index in [2.05, 4.69) is 5.10 Å². The third-order valence-corrected chi connectivity index (χ3v) is 2.81. The van der Waals surface area contributed by atoms with E-state index in [1.54, 1.807) is 11.6 Å². The van der Waals surface area contributed by atoms with E-state index >= 15 is 0 Å². The van der Waals surface area contributed by atoms with Crippen LogP contribution in [0.4, 0.5) is 0 Å². The van der Waals surface area contributed by atoms with E-state index in [4.69, 9.17) is 5.73 Å². The second kappa shape index (κ2) is 4.14. The lowest BCUT2D eigenvalue weighted by atomic mass is 9.92. The number of hydrogen-bond donors (Lipinski definition) is 1. The summed E-state index contributed by atoms with van der Waals surface area (Å²) in [4.78, 5) is 11.9. The Balaban J connectivity index is 2.79. The van der Waals surface area contributed by atoms with Crippen molar-refractivity contribution >= 4 is 5.78 Å². The topological polar surface area (TPSA) is 60.9 Å². The summed E-state index contributed by atoms with van der Waals surface area (Å²) in [5, 5.41) is 4.20. The third kappa shape index (κ3) is 2.65. The summed E-state index contributed by atoms with van der Waals surface area (Å²) in [6.45, 7) is 5.61. The molecule has 4 heteroatoms. The maximum atomic E-state index is 11.9. The molecule has 1 rings (SSSR count). The monoisotopic (exact) mass is 209 g/mol. The van der Waals surface area contributed by atoms with Crippen molar-refractivity contribution in [2.24, 2.45) is 12.8 Å². The predicted molar refractivity (Wildman–Crippen MR) is 59.5 cm³/mol. The fourth-order valence-corrected chi connectivity index (χ4v) is 1.39. The lowest BCUT2D eigenvalue weighted by Gasteiger charge is -2.20. The normalized spacial score (nSPS) is 15.0. The number of Topliss-reactive ketones (excluding diaryl/α,β-unsaturated/α-hetero) is 1. The fourth-order valence-electron chi connectivity index (χ4n) is 1.39. The molecule has 0 spiro atoms. The van der Waals surface area contributed by atoms with Gasteiger partial charge in [-0.15, -0.1) is 0 Å². The Bertz CT molecular complexity index is 366. The van der Waals surface area contributed by atoms with Crippen molar-refractivity contribution < 1.29 is 4.79 Å². The molecule has 1 aromatic heterocycles. The molecule has 84 valence electrons. The zero-order chi connectivity index (χ0) is 11.6. The SMILES string of the molecule is CCC(C)(N)C(=O)Cc1cc(C)nn1C. The highest BCUT2D eigenvalue weighted by Crippen LogP contribution is 2.11. The van der Waals surface area contributed by atoms with E-state index in [1.165, 1.54) is 0 Å². The molecule has 0 saturated heterocycles. The molecule has 4 nitrogen and oxygen atoms in total. The zero-order valence-electron chi connectivity index (χ0n) is 9.87. The maximum absolute atomic E-state index is 11.9. The molecule has 0 aliphatic rings. The number of nitrogens with two attached hydrogens (primary N) is 1. The van der Waals surface area contributed by atoms with Gasteiger partial charge in [0.2, 0.25) is 0 Å². The quantitative estimate of drug-likeness (QED) is 0.803. The number of ketones is 1. The molecule has 1 unspecified atom stereocenters. The molecule has 0 saturated carbocycles. The first kappa shape index (κ1) is 11.9. The highest BCUT2D eigenvalue weighted by Gasteiger charge is 2.26. The minimum atomic E-state index is -0.724. The molecule has 0 fully saturated rings. The summed E-state index contributed by atoms with van der Waals surface area (Å²) in [7, 11) is 1.84. The second-order valence-corrected chi connectivity index (χ2v) is 4.27. The van der Waals surface area contributed by atoms with Crippen molar-refractivity contribution in [1.29, 1.82) is 0 Å². The van der Waals surface area contributed by atoms with E-state index in [0.29, 0.717) is 12.8 Å². The van der Waals surface area contributed by atoms with E-state index in [1.807, 2.05) is 27.0 Å². The van der Waals surface area contributed by atoms with E-state index in [9.17, 15) is 4.79 Å². The maximum Gasteiger partial charge on any atom is 0.158 e. The Morgan fingerprint density at radius 3 is 2.67 bits per heavy atom. The number of aryl methyl sites for hydroxylation is 2. The Kier molecular flexibility index (Phi) is 3.29. The molecule has 0 aromatic carbocycles. The summed E-state index contributed by atoms with van der Waals surface area (Å²) in [5.41, 5.74) is 7.01. The van der Waals surface area contributed by atoms with Gasteiger partial charge < -0.3 is 5.73 Å². The molecule has 1 atom stereocenters. The van der Waals surface area contributed by atoms with Gasteiger partial charge in [0.05, 0.1) is 17.7 Å². The summed E-state index contributed by atoms with van der Waals surface area (Å²) in [5.74, 6) is 0.0630. The largest absolute Gasteiger partial charge is 0.319 e. The van der Waals surface area contributed by atoms with Crippen molar-refractivity contribution in [3.63, 3.8) is 0 Å². The Labute approximate surface area is 90.5 Å². The van der Waals surface area contributed by atoms with E-state index < -0.39 is 5.54 Å². The van der Waals surface area contributed by atoms with Gasteiger partial charge in [0, 0.05) is 12.7 Å². The molecule has 0 bridgehead atoms. The average molecular weight is 209 g/mol. The van der Waals surface area contributed by atoms with Gasteiger partial charge in [-0.1, -0.05) is 6.92 Å². The van der Waals surface area contributed by atoms with Crippen molar-refractivity contribution in [3.8, 4) is 0 Å². The molecule has 0 aliphatic heterocycles. The predicted octanol–water partition coefficient (Wildman–Crippen LogP) is 0.968. The van der Waals surface area contributed by atoms with Gasteiger partial charge in [0.1, 0.15) is 0 Å². The number of nitrogens with zero attached hydrogens (tertiary/aromatic N) is 2. The smallest absolute Gasteiger partial charge is 0.158 e. The summed E-state index contributed by atoms with van der Waals surface area (Å²) in [6, 6.07) is 1.92. The highest BCUT2D eigenvalue weighted by atomic mass is 16.1. The van der Waals surface area contributed by atoms with Crippen LogP contribution < -0.4 is 5.73 Å². The first-order valence-corrected chi connectivity index (χ1v) is 5.18. The molecule has 1 heterocycles. The Morgan fingerprint density at radius 1 is 1.67 bits per heavy atom. The number of hydrogen-bond acceptors (Lipinski definition) is 3. The van der Waals surface area contributed by atoms with Crippen LogP contribution in [0.2, 0.25) is 0 Å². The van der Waals surface area contributed by atoms with Gasteiger partial charge in [-0.25, -0.2) is 0 Å². The van der Waals surface area contributed by atoms with Crippen LogP contribution in [-0.2, 0) is 18.3 Å². The molecule has 0 radical (unpaired) electrons. The van der Waals surface area contributed by atoms with Gasteiger partial charge >= 0.3 is 0 Å². The third-order valence-electron chi connectivity index (χ3n) is 2.81. The molecule has 0 amide bonds. The lowest BCUT2D eigenvalue weighted by molar-refractivity contribution is -0.123. The molecule has 15 heavy (non-hydrogen) atoms. The van der Waals surface area contributed by atoms with Crippen LogP contribution in [0, 0.1) is 6.92 Å². The van der Waals surface area contributed by atoms with Crippen LogP contribution in [0.3, 0.4) is 0 Å². The first-order valence-electron chi connectivity index (χ1n) is 5.18. The average Bonchev–Trinajstić information content (AvgIpc) is 2.45. The Morgan fingerprint density at radius 2 is 2.27 bits per heavy atom. The summed E-state index contributed by atoms with van der Waals surface area (Å²) < 4.78 is 1.74. The van der Waals surface area contributed by atoms with E-state index in [-0.39, 0.29) is 5.78 Å². The Hall–Kier alpha value is -1.16. The number of carbonyl (C=O) groups excluding carboxylic acids is 1. The van der Waals surface area contributed by atoms with Gasteiger partial charge in [0.15, 0.2) is 5.78 Å². The standard InChI is InChI=1S/C11H19N3O/c1-5-11(3,12)10(15)7-9-6-8(2)13-14(9)4/h6H,5,7,12H2,1-4H3. The summed E-state index contributed by atoms with van der Waals surface area (Å²) in [6.07, 6.45) is 1.01. The minimum Gasteiger partial charge on any atom is -0.319 e. The molecular formula is C11H19N3O. The lowest BCUT2D eigenvalue weighted by Crippen LogP contribution is -2.45. The van der Waals surface area contributed by atoms with Gasteiger partial charge in [-0.05, 0) is 26.3 Å². The van der Waals surface area contributed by atoms with Crippen LogP contribution in [-0.4, -0.2) is 21.1 Å². The van der Waals surface area contributed by atoms with Crippen molar-refractivity contribution in [1.82, 2.24) is 9.78 Å². The van der Waals surface area contributed by atoms with Gasteiger partial charge in [-0.3, -0.25) is 9.48 Å². The zero-order valence-corrected chi connectivity index (χ0v) is 9.87. The van der Waals surface area contributed by atoms with Crippen LogP contribution >= 0.6 is 0 Å². The molecule has 2 N–H and O–H groups in total. The van der Waals surface area contributed by atoms with Crippen molar-refractivity contribution in [2.45, 2.75) is 39.2 Å². The van der Waals surface area contributed by atoms with E-state index in [0.717, 1.165) is 11.4 Å². The number of rotatable bonds is 4. The van der Waals surface area contributed by atoms with Gasteiger partial charge in [-0.2, -0.15) is 5.10 Å². The summed E-state index contributed by atoms with van der Waals surface area (Å²) >= 11 is 0. The second-order valence-electron chi connectivity index (χ2n) is 4.27. The van der Waals surface area contributed by atoms with Crippen LogP contribution in [0.1, 0.15) is 31.7 Å². The number of carbonyl (C=O) groups is 1. The van der Waals surface area contributed by atoms with Crippen LogP contribution in [0.15, 0.2) is 6.07 Å². The minimum absolute atomic E-state index is 0.0630. The van der Waals surface area contributed by atoms with Crippen LogP contribution in [0.5, 0.6) is 0 Å². The molecular weight excluding hydrogens is 190 g/mol.